The number of fused-ring (bicyclic) bond motifs is 1. The summed E-state index contributed by atoms with van der Waals surface area (Å²) in [5.74, 6) is 0.605. The smallest absolute Gasteiger partial charge is 0.259 e. The number of hydrogen-bond donors (Lipinski definition) is 1. The zero-order valence-electron chi connectivity index (χ0n) is 18.9. The van der Waals surface area contributed by atoms with E-state index in [1.165, 1.54) is 11.3 Å². The molecule has 1 saturated heterocycles. The largest absolute Gasteiger partial charge is 0.309 e. The van der Waals surface area contributed by atoms with Crippen LogP contribution in [0.15, 0.2) is 70.4 Å². The Balaban J connectivity index is 1.31. The highest BCUT2D eigenvalue weighted by atomic mass is 32.2. The Bertz CT molecular complexity index is 1460. The maximum atomic E-state index is 13.1. The van der Waals surface area contributed by atoms with Gasteiger partial charge in [-0.05, 0) is 43.7 Å². The summed E-state index contributed by atoms with van der Waals surface area (Å²) in [6.07, 6.45) is 0.717. The summed E-state index contributed by atoms with van der Waals surface area (Å²) >= 11 is 1.51. The van der Waals surface area contributed by atoms with Crippen molar-refractivity contribution in [2.24, 2.45) is 0 Å². The van der Waals surface area contributed by atoms with E-state index in [4.69, 9.17) is 4.98 Å². The van der Waals surface area contributed by atoms with E-state index < -0.39 is 10.0 Å². The van der Waals surface area contributed by atoms with Crippen LogP contribution in [0.3, 0.4) is 0 Å². The van der Waals surface area contributed by atoms with Crippen LogP contribution in [0.1, 0.15) is 17.8 Å². The minimum atomic E-state index is -3.52. The molecule has 3 heterocycles. The number of benzene rings is 2. The highest BCUT2D eigenvalue weighted by Gasteiger charge is 2.27. The summed E-state index contributed by atoms with van der Waals surface area (Å²) in [5, 5.41) is 0.596. The van der Waals surface area contributed by atoms with Gasteiger partial charge in [0.2, 0.25) is 10.0 Å². The predicted octanol–water partition coefficient (Wildman–Crippen LogP) is 3.86. The number of hydrogen-bond acceptors (Lipinski definition) is 6. The molecular weight excluding hydrogens is 468 g/mol. The Labute approximate surface area is 202 Å². The molecule has 1 fully saturated rings. The first-order valence-electron chi connectivity index (χ1n) is 11.3. The van der Waals surface area contributed by atoms with Gasteiger partial charge in [0.05, 0.1) is 16.8 Å². The first-order chi connectivity index (χ1) is 16.4. The third-order valence-electron chi connectivity index (χ3n) is 6.09. The fourth-order valence-corrected chi connectivity index (χ4v) is 6.74. The first-order valence-corrected chi connectivity index (χ1v) is 13.5. The molecule has 0 radical (unpaired) electrons. The molecule has 1 aliphatic rings. The molecule has 0 atom stereocenters. The Hall–Kier alpha value is -2.85. The van der Waals surface area contributed by atoms with Gasteiger partial charge in [-0.25, -0.2) is 13.4 Å². The van der Waals surface area contributed by atoms with Gasteiger partial charge in [-0.2, -0.15) is 4.31 Å². The van der Waals surface area contributed by atoms with Crippen LogP contribution in [0, 0.1) is 6.92 Å². The van der Waals surface area contributed by atoms with E-state index in [1.54, 1.807) is 16.4 Å². The first kappa shape index (κ1) is 22.9. The lowest BCUT2D eigenvalue weighted by Gasteiger charge is -2.21. The topological polar surface area (TPSA) is 86.4 Å². The average molecular weight is 495 g/mol. The average Bonchev–Trinajstić information content (AvgIpc) is 3.12. The van der Waals surface area contributed by atoms with E-state index in [0.717, 1.165) is 27.4 Å². The molecule has 5 rings (SSSR count). The minimum absolute atomic E-state index is 0.142. The van der Waals surface area contributed by atoms with E-state index in [-0.39, 0.29) is 5.56 Å². The summed E-state index contributed by atoms with van der Waals surface area (Å²) in [6, 6.07) is 18.8. The molecule has 1 aliphatic heterocycles. The number of aryl methyl sites for hydroxylation is 1. The second-order valence-corrected chi connectivity index (χ2v) is 11.5. The molecule has 2 aromatic carbocycles. The highest BCUT2D eigenvalue weighted by molar-refractivity contribution is 7.89. The van der Waals surface area contributed by atoms with Crippen LogP contribution >= 0.6 is 11.3 Å². The molecule has 34 heavy (non-hydrogen) atoms. The number of aromatic amines is 1. The Kier molecular flexibility index (Phi) is 6.35. The van der Waals surface area contributed by atoms with Gasteiger partial charge in [0, 0.05) is 24.5 Å². The van der Waals surface area contributed by atoms with Crippen molar-refractivity contribution in [3.63, 3.8) is 0 Å². The number of nitrogens with zero attached hydrogens (tertiary/aromatic N) is 3. The third kappa shape index (κ3) is 4.69. The van der Waals surface area contributed by atoms with Crippen LogP contribution in [-0.4, -0.2) is 53.8 Å². The van der Waals surface area contributed by atoms with Gasteiger partial charge < -0.3 is 4.98 Å². The molecule has 0 amide bonds. The van der Waals surface area contributed by atoms with Crippen molar-refractivity contribution < 1.29 is 8.42 Å². The van der Waals surface area contributed by atoms with Crippen molar-refractivity contribution >= 4 is 31.6 Å². The molecule has 7 nitrogen and oxygen atoms in total. The van der Waals surface area contributed by atoms with Gasteiger partial charge in [0.15, 0.2) is 0 Å². The number of H-pyrrole nitrogens is 1. The Morgan fingerprint density at radius 1 is 1.00 bits per heavy atom. The molecule has 1 N–H and O–H groups in total. The van der Waals surface area contributed by atoms with Crippen molar-refractivity contribution in [1.82, 2.24) is 19.2 Å². The minimum Gasteiger partial charge on any atom is -0.309 e. The van der Waals surface area contributed by atoms with Crippen LogP contribution in [0.2, 0.25) is 0 Å². The van der Waals surface area contributed by atoms with Crippen LogP contribution in [-0.2, 0) is 16.6 Å². The summed E-state index contributed by atoms with van der Waals surface area (Å²) < 4.78 is 27.7. The molecule has 4 aromatic rings. The highest BCUT2D eigenvalue weighted by Crippen LogP contribution is 2.30. The summed E-state index contributed by atoms with van der Waals surface area (Å²) in [7, 11) is -3.52. The summed E-state index contributed by atoms with van der Waals surface area (Å²) in [4.78, 5) is 24.6. The molecule has 176 valence electrons. The fourth-order valence-electron chi connectivity index (χ4n) is 4.21. The lowest BCUT2D eigenvalue weighted by atomic mass is 10.2. The molecule has 0 saturated carbocycles. The van der Waals surface area contributed by atoms with Gasteiger partial charge in [0.1, 0.15) is 10.7 Å². The molecule has 0 spiro atoms. The lowest BCUT2D eigenvalue weighted by molar-refractivity contribution is 0.272. The number of rotatable bonds is 5. The number of sulfonamides is 1. The molecule has 2 aromatic heterocycles. The zero-order chi connectivity index (χ0) is 23.7. The third-order valence-corrected chi connectivity index (χ3v) is 9.08. The van der Waals surface area contributed by atoms with Gasteiger partial charge >= 0.3 is 0 Å². The zero-order valence-corrected chi connectivity index (χ0v) is 20.5. The maximum absolute atomic E-state index is 13.1. The van der Waals surface area contributed by atoms with Crippen molar-refractivity contribution in [2.45, 2.75) is 24.8 Å². The Morgan fingerprint density at radius 2 is 1.76 bits per heavy atom. The quantitative estimate of drug-likeness (QED) is 0.455. The van der Waals surface area contributed by atoms with E-state index in [9.17, 15) is 13.2 Å². The van der Waals surface area contributed by atoms with Crippen LogP contribution in [0.4, 0.5) is 0 Å². The van der Waals surface area contributed by atoms with Crippen molar-refractivity contribution in [1.29, 1.82) is 0 Å². The second-order valence-electron chi connectivity index (χ2n) is 8.55. The van der Waals surface area contributed by atoms with Gasteiger partial charge in [0.25, 0.3) is 5.56 Å². The molecular formula is C25H26N4O3S2. The maximum Gasteiger partial charge on any atom is 0.259 e. The lowest BCUT2D eigenvalue weighted by Crippen LogP contribution is -2.35. The monoisotopic (exact) mass is 494 g/mol. The molecule has 0 aliphatic carbocycles. The van der Waals surface area contributed by atoms with Gasteiger partial charge in [-0.15, -0.1) is 11.3 Å². The predicted molar refractivity (Wildman–Crippen MR) is 136 cm³/mol. The normalized spacial score (nSPS) is 16.0. The van der Waals surface area contributed by atoms with E-state index >= 15 is 0 Å². The molecule has 0 bridgehead atoms. The Morgan fingerprint density at radius 3 is 2.53 bits per heavy atom. The standard InChI is InChI=1S/C25H26N4O3S2/c1-18-8-10-20(11-9-18)34(31,32)29-13-5-12-28(14-15-29)17-23-26-24(30)21-16-22(33-25(21)27-23)19-6-3-2-4-7-19/h2-4,6-11,16H,5,12-15,17H2,1H3,(H,26,27,30). The van der Waals surface area contributed by atoms with E-state index in [0.29, 0.717) is 48.7 Å². The van der Waals surface area contributed by atoms with Crippen molar-refractivity contribution in [3.8, 4) is 10.4 Å². The fraction of sp³-hybridized carbons (Fsp3) is 0.280. The number of nitrogens with one attached hydrogen (secondary N) is 1. The van der Waals surface area contributed by atoms with Crippen LogP contribution in [0.5, 0.6) is 0 Å². The van der Waals surface area contributed by atoms with Crippen molar-refractivity contribution in [3.05, 3.63) is 82.4 Å². The number of aromatic nitrogens is 2. The van der Waals surface area contributed by atoms with Gasteiger partial charge in [-0.1, -0.05) is 48.0 Å². The number of thiophene rings is 1. The summed E-state index contributed by atoms with van der Waals surface area (Å²) in [5.41, 5.74) is 1.95. The second kappa shape index (κ2) is 9.42. The summed E-state index contributed by atoms with van der Waals surface area (Å²) in [6.45, 7) is 4.60. The van der Waals surface area contributed by atoms with Gasteiger partial charge in [-0.3, -0.25) is 9.69 Å². The SMILES string of the molecule is Cc1ccc(S(=O)(=O)N2CCCN(Cc3nc4sc(-c5ccccc5)cc4c(=O)[nH]3)CC2)cc1. The van der Waals surface area contributed by atoms with E-state index in [2.05, 4.69) is 9.88 Å². The van der Waals surface area contributed by atoms with Crippen molar-refractivity contribution in [2.75, 3.05) is 26.2 Å². The molecule has 9 heteroatoms. The van der Waals surface area contributed by atoms with E-state index in [1.807, 2.05) is 55.5 Å². The molecule has 0 unspecified atom stereocenters. The van der Waals surface area contributed by atoms with Crippen LogP contribution in [0.25, 0.3) is 20.7 Å². The van der Waals surface area contributed by atoms with Crippen LogP contribution < -0.4 is 5.56 Å².